The van der Waals surface area contributed by atoms with Crippen LogP contribution in [0.2, 0.25) is 0 Å². The van der Waals surface area contributed by atoms with Crippen LogP contribution in [0.15, 0.2) is 15.2 Å². The molecule has 0 fully saturated rings. The number of aliphatic imine (C=N–C) groups is 1. The maximum absolute atomic E-state index is 10.8. The second kappa shape index (κ2) is 1.28. The number of rotatable bonds is 0. The zero-order chi connectivity index (χ0) is 7.19. The van der Waals surface area contributed by atoms with Crippen LogP contribution < -0.4 is 5.32 Å². The van der Waals surface area contributed by atoms with E-state index in [0.717, 1.165) is 6.21 Å². The van der Waals surface area contributed by atoms with E-state index < -0.39 is 17.6 Å². The molecule has 0 unspecified atom stereocenters. The predicted octanol–water partition coefficient (Wildman–Crippen LogP) is -0.531. The molecular weight excluding hydrogens is 136 g/mol. The smallest absolute Gasteiger partial charge is 0.272 e. The first kappa shape index (κ1) is 5.21. The molecule has 6 nitrogen and oxygen atoms in total. The zero-order valence-electron chi connectivity index (χ0n) is 4.74. The van der Waals surface area contributed by atoms with Gasteiger partial charge in [0, 0.05) is 0 Å². The van der Waals surface area contributed by atoms with Crippen molar-refractivity contribution in [3.8, 4) is 0 Å². The second-order valence-corrected chi connectivity index (χ2v) is 1.94. The summed E-state index contributed by atoms with van der Waals surface area (Å²) in [5.74, 6) is -0.521. The Labute approximate surface area is 55.0 Å². The zero-order valence-corrected chi connectivity index (χ0v) is 4.74. The van der Waals surface area contributed by atoms with Gasteiger partial charge in [-0.3, -0.25) is 10.1 Å². The highest BCUT2D eigenvalue weighted by molar-refractivity contribution is 6.16. The number of hydrogen-bond acceptors (Lipinski definition) is 4. The van der Waals surface area contributed by atoms with Gasteiger partial charge < -0.3 is 0 Å². The molecule has 0 bridgehead atoms. The monoisotopic (exact) mass is 138 g/mol. The molecule has 0 aromatic heterocycles. The molecule has 10 heavy (non-hydrogen) atoms. The van der Waals surface area contributed by atoms with Gasteiger partial charge in [-0.15, -0.1) is 10.2 Å². The van der Waals surface area contributed by atoms with Crippen LogP contribution in [0.5, 0.6) is 0 Å². The standard InChI is InChI=1S/C4H2N4O2/c9-2-4(7-8-4)1-5-3(10)6-2/h1H,(H,6,9,10). The van der Waals surface area contributed by atoms with Gasteiger partial charge in [0.1, 0.15) is 0 Å². The van der Waals surface area contributed by atoms with Crippen molar-refractivity contribution in [3.63, 3.8) is 0 Å². The quantitative estimate of drug-likeness (QED) is 0.488. The fourth-order valence-electron chi connectivity index (χ4n) is 0.625. The lowest BCUT2D eigenvalue weighted by Gasteiger charge is -2.07. The average Bonchev–Trinajstić information content (AvgIpc) is 2.62. The van der Waals surface area contributed by atoms with Gasteiger partial charge in [-0.2, -0.15) is 0 Å². The van der Waals surface area contributed by atoms with E-state index in [2.05, 4.69) is 15.2 Å². The molecule has 2 aliphatic rings. The Bertz CT molecular complexity index is 273. The minimum atomic E-state index is -1.14. The van der Waals surface area contributed by atoms with Crippen molar-refractivity contribution >= 4 is 18.2 Å². The molecule has 3 amide bonds. The van der Waals surface area contributed by atoms with E-state index in [1.807, 2.05) is 5.32 Å². The summed E-state index contributed by atoms with van der Waals surface area (Å²) in [4.78, 5) is 24.5. The first-order valence-corrected chi connectivity index (χ1v) is 2.58. The highest BCUT2D eigenvalue weighted by Crippen LogP contribution is 2.27. The van der Waals surface area contributed by atoms with Gasteiger partial charge in [0.25, 0.3) is 5.91 Å². The highest BCUT2D eigenvalue weighted by Gasteiger charge is 2.50. The minimum Gasteiger partial charge on any atom is -0.272 e. The van der Waals surface area contributed by atoms with Crippen LogP contribution in [0.4, 0.5) is 4.79 Å². The summed E-state index contributed by atoms with van der Waals surface area (Å²) >= 11 is 0. The van der Waals surface area contributed by atoms with Crippen LogP contribution in [0.25, 0.3) is 0 Å². The molecule has 50 valence electrons. The Balaban J connectivity index is 2.34. The van der Waals surface area contributed by atoms with Crippen LogP contribution in [0.3, 0.4) is 0 Å². The van der Waals surface area contributed by atoms with Gasteiger partial charge in [0.15, 0.2) is 0 Å². The molecule has 2 heterocycles. The van der Waals surface area contributed by atoms with Crippen LogP contribution in [-0.4, -0.2) is 23.8 Å². The van der Waals surface area contributed by atoms with Crippen molar-refractivity contribution in [2.24, 2.45) is 15.2 Å². The van der Waals surface area contributed by atoms with E-state index in [1.54, 1.807) is 0 Å². The maximum Gasteiger partial charge on any atom is 0.347 e. The molecule has 2 rings (SSSR count). The van der Waals surface area contributed by atoms with Crippen molar-refractivity contribution < 1.29 is 9.59 Å². The van der Waals surface area contributed by atoms with E-state index in [1.165, 1.54) is 0 Å². The van der Waals surface area contributed by atoms with Crippen LogP contribution in [-0.2, 0) is 4.79 Å². The topological polar surface area (TPSA) is 83.2 Å². The molecule has 0 aromatic rings. The predicted molar refractivity (Wildman–Crippen MR) is 29.6 cm³/mol. The van der Waals surface area contributed by atoms with Crippen LogP contribution >= 0.6 is 0 Å². The Hall–Kier alpha value is -1.59. The van der Waals surface area contributed by atoms with Crippen molar-refractivity contribution in [1.29, 1.82) is 0 Å². The summed E-state index contributed by atoms with van der Waals surface area (Å²) in [6.07, 6.45) is 1.13. The number of carbonyl (C=O) groups is 2. The maximum atomic E-state index is 10.8. The van der Waals surface area contributed by atoms with Gasteiger partial charge in [-0.05, 0) is 0 Å². The largest absolute Gasteiger partial charge is 0.347 e. The molecule has 2 aliphatic heterocycles. The molecule has 0 saturated carbocycles. The molecular formula is C4H2N4O2. The molecule has 1 spiro atoms. The third-order valence-electron chi connectivity index (χ3n) is 1.23. The Morgan fingerprint density at radius 3 is 2.60 bits per heavy atom. The first-order valence-electron chi connectivity index (χ1n) is 2.58. The number of nitrogens with zero attached hydrogens (tertiary/aromatic N) is 3. The molecule has 0 saturated heterocycles. The Morgan fingerprint density at radius 2 is 2.10 bits per heavy atom. The third kappa shape index (κ3) is 0.498. The number of amides is 3. The third-order valence-corrected chi connectivity index (χ3v) is 1.23. The van der Waals surface area contributed by atoms with Crippen molar-refractivity contribution in [1.82, 2.24) is 5.32 Å². The fourth-order valence-corrected chi connectivity index (χ4v) is 0.625. The Kier molecular flexibility index (Phi) is 0.669. The molecule has 0 aromatic carbocycles. The van der Waals surface area contributed by atoms with Crippen LogP contribution in [0.1, 0.15) is 0 Å². The summed E-state index contributed by atoms with van der Waals surface area (Å²) in [6.45, 7) is 0. The number of imide groups is 1. The minimum absolute atomic E-state index is 0.521. The van der Waals surface area contributed by atoms with Gasteiger partial charge in [-0.25, -0.2) is 9.79 Å². The first-order chi connectivity index (χ1) is 4.73. The number of nitrogens with one attached hydrogen (secondary N) is 1. The van der Waals surface area contributed by atoms with Crippen molar-refractivity contribution in [2.75, 3.05) is 0 Å². The van der Waals surface area contributed by atoms with E-state index in [9.17, 15) is 9.59 Å². The number of hydrogen-bond donors (Lipinski definition) is 1. The SMILES string of the molecule is O=C1N=CC2(N=N2)C(=O)N1. The summed E-state index contributed by atoms with van der Waals surface area (Å²) < 4.78 is 0. The fraction of sp³-hybridized carbons (Fsp3) is 0.250. The second-order valence-electron chi connectivity index (χ2n) is 1.94. The highest BCUT2D eigenvalue weighted by atomic mass is 16.2. The summed E-state index contributed by atoms with van der Waals surface area (Å²) in [5.41, 5.74) is -1.14. The van der Waals surface area contributed by atoms with E-state index in [0.29, 0.717) is 0 Å². The van der Waals surface area contributed by atoms with E-state index in [-0.39, 0.29) is 0 Å². The van der Waals surface area contributed by atoms with Crippen molar-refractivity contribution in [2.45, 2.75) is 5.66 Å². The van der Waals surface area contributed by atoms with Crippen molar-refractivity contribution in [3.05, 3.63) is 0 Å². The molecule has 1 N–H and O–H groups in total. The number of urea groups is 1. The lowest BCUT2D eigenvalue weighted by atomic mass is 10.2. The van der Waals surface area contributed by atoms with Gasteiger partial charge in [-0.1, -0.05) is 0 Å². The van der Waals surface area contributed by atoms with Gasteiger partial charge in [0.05, 0.1) is 6.21 Å². The average molecular weight is 138 g/mol. The molecule has 0 radical (unpaired) electrons. The van der Waals surface area contributed by atoms with Crippen LogP contribution in [0, 0.1) is 0 Å². The van der Waals surface area contributed by atoms with E-state index in [4.69, 9.17) is 0 Å². The number of carbonyl (C=O) groups excluding carboxylic acids is 2. The molecule has 6 heteroatoms. The molecule has 0 atom stereocenters. The van der Waals surface area contributed by atoms with Gasteiger partial charge >= 0.3 is 11.7 Å². The molecule has 0 aliphatic carbocycles. The normalized spacial score (nSPS) is 25.2. The van der Waals surface area contributed by atoms with Gasteiger partial charge in [0.2, 0.25) is 0 Å². The van der Waals surface area contributed by atoms with E-state index >= 15 is 0 Å². The lowest BCUT2D eigenvalue weighted by Crippen LogP contribution is -2.44. The lowest BCUT2D eigenvalue weighted by molar-refractivity contribution is -0.121. The summed E-state index contributed by atoms with van der Waals surface area (Å²) in [7, 11) is 0. The Morgan fingerprint density at radius 1 is 1.40 bits per heavy atom. The summed E-state index contributed by atoms with van der Waals surface area (Å²) in [5, 5.41) is 8.81. The summed E-state index contributed by atoms with van der Waals surface area (Å²) in [6, 6.07) is -0.659.